The Hall–Kier alpha value is -1.28. The van der Waals surface area contributed by atoms with Gasteiger partial charge in [-0.1, -0.05) is 0 Å². The lowest BCUT2D eigenvalue weighted by atomic mass is 10.3. The number of anilines is 1. The quantitative estimate of drug-likeness (QED) is 0.616. The zero-order valence-electron chi connectivity index (χ0n) is 9.29. The summed E-state index contributed by atoms with van der Waals surface area (Å²) in [6.07, 6.45) is 0.457. The van der Waals surface area contributed by atoms with E-state index in [1.54, 1.807) is 0 Å². The van der Waals surface area contributed by atoms with Crippen molar-refractivity contribution in [3.63, 3.8) is 0 Å². The first-order valence-electron chi connectivity index (χ1n) is 5.12. The third kappa shape index (κ3) is 3.88. The number of rotatable bonds is 6. The van der Waals surface area contributed by atoms with Crippen LogP contribution < -0.4 is 4.72 Å². The van der Waals surface area contributed by atoms with Gasteiger partial charge in [-0.2, -0.15) is 0 Å². The van der Waals surface area contributed by atoms with Crippen molar-refractivity contribution >= 4 is 15.7 Å². The summed E-state index contributed by atoms with van der Waals surface area (Å²) in [4.78, 5) is 0. The van der Waals surface area contributed by atoms with Crippen LogP contribution in [0.2, 0.25) is 0 Å². The first-order chi connectivity index (χ1) is 8.37. The molecule has 0 unspecified atom stereocenters. The van der Waals surface area contributed by atoms with Crippen LogP contribution in [-0.4, -0.2) is 25.9 Å². The highest BCUT2D eigenvalue weighted by Gasteiger charge is 2.17. The van der Waals surface area contributed by atoms with Gasteiger partial charge in [0.15, 0.2) is 17.5 Å². The highest BCUT2D eigenvalue weighted by atomic mass is 32.2. The van der Waals surface area contributed by atoms with Crippen molar-refractivity contribution in [3.05, 3.63) is 29.6 Å². The van der Waals surface area contributed by atoms with E-state index < -0.39 is 33.2 Å². The number of halogens is 3. The summed E-state index contributed by atoms with van der Waals surface area (Å²) in [5, 5.41) is 8.50. The molecule has 1 aromatic carbocycles. The molecule has 0 bridgehead atoms. The van der Waals surface area contributed by atoms with Gasteiger partial charge in [-0.05, 0) is 25.0 Å². The molecule has 0 radical (unpaired) electrons. The first kappa shape index (κ1) is 14.8. The molecule has 0 saturated carbocycles. The maximum absolute atomic E-state index is 13.2. The predicted octanol–water partition coefficient (Wildman–Crippen LogP) is 1.62. The fourth-order valence-corrected chi connectivity index (χ4v) is 2.41. The zero-order chi connectivity index (χ0) is 13.8. The van der Waals surface area contributed by atoms with Crippen molar-refractivity contribution in [2.45, 2.75) is 12.8 Å². The Labute approximate surface area is 102 Å². The van der Waals surface area contributed by atoms with Gasteiger partial charge in [0, 0.05) is 6.61 Å². The van der Waals surface area contributed by atoms with Crippen molar-refractivity contribution in [3.8, 4) is 0 Å². The molecule has 0 amide bonds. The van der Waals surface area contributed by atoms with E-state index in [0.717, 1.165) is 6.07 Å². The van der Waals surface area contributed by atoms with Gasteiger partial charge in [0.05, 0.1) is 11.4 Å². The molecule has 1 rings (SSSR count). The molecule has 0 heterocycles. The number of sulfonamides is 1. The Bertz CT molecular complexity index is 519. The highest BCUT2D eigenvalue weighted by molar-refractivity contribution is 7.92. The number of hydrogen-bond acceptors (Lipinski definition) is 3. The molecule has 0 aromatic heterocycles. The van der Waals surface area contributed by atoms with E-state index in [4.69, 9.17) is 5.11 Å². The SMILES string of the molecule is O=S(=O)(CCCCO)Nc1ccc(F)c(F)c1F. The highest BCUT2D eigenvalue weighted by Crippen LogP contribution is 2.20. The third-order valence-corrected chi connectivity index (χ3v) is 3.48. The van der Waals surface area contributed by atoms with Crippen molar-refractivity contribution in [2.75, 3.05) is 17.1 Å². The van der Waals surface area contributed by atoms with E-state index in [0.29, 0.717) is 6.07 Å². The number of aliphatic hydroxyl groups is 1. The lowest BCUT2D eigenvalue weighted by molar-refractivity contribution is 0.287. The normalized spacial score (nSPS) is 11.6. The van der Waals surface area contributed by atoms with Crippen LogP contribution in [0, 0.1) is 17.5 Å². The molecule has 2 N–H and O–H groups in total. The number of aliphatic hydroxyl groups excluding tert-OH is 1. The van der Waals surface area contributed by atoms with E-state index in [1.165, 1.54) is 0 Å². The van der Waals surface area contributed by atoms with Crippen molar-refractivity contribution in [1.29, 1.82) is 0 Å². The molecule has 102 valence electrons. The van der Waals surface area contributed by atoms with E-state index in [9.17, 15) is 21.6 Å². The van der Waals surface area contributed by atoms with Gasteiger partial charge in [-0.3, -0.25) is 4.72 Å². The largest absolute Gasteiger partial charge is 0.396 e. The predicted molar refractivity (Wildman–Crippen MR) is 60.0 cm³/mol. The van der Waals surface area contributed by atoms with Crippen LogP contribution in [0.4, 0.5) is 18.9 Å². The molecular formula is C10H12F3NO3S. The molecule has 0 aliphatic carbocycles. The second-order valence-corrected chi connectivity index (χ2v) is 5.42. The molecule has 0 saturated heterocycles. The topological polar surface area (TPSA) is 66.4 Å². The fourth-order valence-electron chi connectivity index (χ4n) is 1.23. The maximum Gasteiger partial charge on any atom is 0.232 e. The van der Waals surface area contributed by atoms with Gasteiger partial charge in [0.25, 0.3) is 0 Å². The average molecular weight is 283 g/mol. The minimum atomic E-state index is -3.85. The number of unbranched alkanes of at least 4 members (excludes halogenated alkanes) is 1. The summed E-state index contributed by atoms with van der Waals surface area (Å²) < 4.78 is 63.4. The minimum absolute atomic E-state index is 0.158. The summed E-state index contributed by atoms with van der Waals surface area (Å²) in [7, 11) is -3.85. The molecule has 8 heteroatoms. The average Bonchev–Trinajstić information content (AvgIpc) is 2.30. The Morgan fingerprint density at radius 1 is 1.11 bits per heavy atom. The van der Waals surface area contributed by atoms with Crippen LogP contribution in [0.25, 0.3) is 0 Å². The maximum atomic E-state index is 13.2. The van der Waals surface area contributed by atoms with Crippen molar-refractivity contribution in [1.82, 2.24) is 0 Å². The van der Waals surface area contributed by atoms with Crippen molar-refractivity contribution in [2.24, 2.45) is 0 Å². The summed E-state index contributed by atoms with van der Waals surface area (Å²) >= 11 is 0. The Balaban J connectivity index is 2.82. The zero-order valence-corrected chi connectivity index (χ0v) is 10.1. The van der Waals surface area contributed by atoms with Crippen LogP contribution in [0.1, 0.15) is 12.8 Å². The monoisotopic (exact) mass is 283 g/mol. The smallest absolute Gasteiger partial charge is 0.232 e. The molecule has 1 aromatic rings. The molecule has 0 atom stereocenters. The second kappa shape index (κ2) is 6.05. The first-order valence-corrected chi connectivity index (χ1v) is 6.77. The van der Waals surface area contributed by atoms with E-state index >= 15 is 0 Å². The van der Waals surface area contributed by atoms with Gasteiger partial charge in [0.1, 0.15) is 0 Å². The Kier molecular flexibility index (Phi) is 4.97. The molecule has 4 nitrogen and oxygen atoms in total. The number of nitrogens with one attached hydrogen (secondary N) is 1. The number of hydrogen-bond donors (Lipinski definition) is 2. The van der Waals surface area contributed by atoms with Crippen LogP contribution in [0.15, 0.2) is 12.1 Å². The van der Waals surface area contributed by atoms with E-state index in [2.05, 4.69) is 0 Å². The molecule has 0 aliphatic heterocycles. The lowest BCUT2D eigenvalue weighted by Gasteiger charge is -2.09. The Morgan fingerprint density at radius 2 is 1.78 bits per heavy atom. The Morgan fingerprint density at radius 3 is 2.39 bits per heavy atom. The third-order valence-electron chi connectivity index (χ3n) is 2.12. The number of benzene rings is 1. The second-order valence-electron chi connectivity index (χ2n) is 3.57. The minimum Gasteiger partial charge on any atom is -0.396 e. The van der Waals surface area contributed by atoms with Gasteiger partial charge < -0.3 is 5.11 Å². The fraction of sp³-hybridized carbons (Fsp3) is 0.400. The van der Waals surface area contributed by atoms with Gasteiger partial charge >= 0.3 is 0 Å². The molecule has 0 spiro atoms. The van der Waals surface area contributed by atoms with Gasteiger partial charge in [-0.25, -0.2) is 21.6 Å². The van der Waals surface area contributed by atoms with Gasteiger partial charge in [-0.15, -0.1) is 0 Å². The summed E-state index contributed by atoms with van der Waals surface area (Å²) in [6.45, 7) is -0.158. The standard InChI is InChI=1S/C10H12F3NO3S/c11-7-3-4-8(10(13)9(7)12)14-18(16,17)6-2-1-5-15/h3-4,14-15H,1-2,5-6H2. The van der Waals surface area contributed by atoms with Crippen molar-refractivity contribution < 1.29 is 26.7 Å². The molecule has 0 aliphatic rings. The van der Waals surface area contributed by atoms with Gasteiger partial charge in [0.2, 0.25) is 10.0 Å². The lowest BCUT2D eigenvalue weighted by Crippen LogP contribution is -2.18. The molecule has 18 heavy (non-hydrogen) atoms. The van der Waals surface area contributed by atoms with Crippen LogP contribution in [0.3, 0.4) is 0 Å². The van der Waals surface area contributed by atoms with E-state index in [-0.39, 0.29) is 25.2 Å². The van der Waals surface area contributed by atoms with E-state index in [1.807, 2.05) is 4.72 Å². The van der Waals surface area contributed by atoms with Crippen LogP contribution >= 0.6 is 0 Å². The summed E-state index contributed by atoms with van der Waals surface area (Å²) in [5.41, 5.74) is -0.641. The molecular weight excluding hydrogens is 271 g/mol. The summed E-state index contributed by atoms with van der Waals surface area (Å²) in [5.74, 6) is -5.05. The van der Waals surface area contributed by atoms with Crippen LogP contribution in [-0.2, 0) is 10.0 Å². The molecule has 0 fully saturated rings. The van der Waals surface area contributed by atoms with Crippen LogP contribution in [0.5, 0.6) is 0 Å². The summed E-state index contributed by atoms with van der Waals surface area (Å²) in [6, 6.07) is 1.43.